The summed E-state index contributed by atoms with van der Waals surface area (Å²) in [4.78, 5) is 0. The first-order chi connectivity index (χ1) is 5.90. The Morgan fingerprint density at radius 2 is 1.50 bits per heavy atom. The van der Waals surface area contributed by atoms with Crippen molar-refractivity contribution < 1.29 is 4.52 Å². The maximum absolute atomic E-state index is 5.04. The molecule has 14 heavy (non-hydrogen) atoms. The molecule has 0 saturated heterocycles. The van der Waals surface area contributed by atoms with Gasteiger partial charge in [0.05, 0.1) is 9.47 Å². The second kappa shape index (κ2) is 6.08. The van der Waals surface area contributed by atoms with Crippen LogP contribution in [0.2, 0.25) is 0 Å². The Balaban J connectivity index is 0.000000845. The largest absolute Gasteiger partial charge is 0.480 e. The number of halogens is 2. The van der Waals surface area contributed by atoms with Crippen molar-refractivity contribution in [2.24, 2.45) is 0 Å². The summed E-state index contributed by atoms with van der Waals surface area (Å²) >= 11 is 0. The van der Waals surface area contributed by atoms with Gasteiger partial charge >= 0.3 is 0 Å². The van der Waals surface area contributed by atoms with Crippen molar-refractivity contribution >= 4 is 45.1 Å². The van der Waals surface area contributed by atoms with Crippen molar-refractivity contribution in [1.29, 1.82) is 0 Å². The predicted octanol–water partition coefficient (Wildman–Crippen LogP) is 3.85. The lowest BCUT2D eigenvalue weighted by Crippen LogP contribution is -1.74. The summed E-state index contributed by atoms with van der Waals surface area (Å²) in [5, 5.41) is 2.45. The van der Waals surface area contributed by atoms with Crippen LogP contribution in [0.25, 0.3) is 10.8 Å². The minimum atomic E-state index is 0. The predicted molar refractivity (Wildman–Crippen MR) is 68.8 cm³/mol. The molecule has 0 bridgehead atoms. The Bertz CT molecular complexity index is 406. The number of fused-ring (bicyclic) bond motifs is 1. The quantitative estimate of drug-likeness (QED) is 0.697. The van der Waals surface area contributed by atoms with Crippen LogP contribution in [-0.4, -0.2) is 0 Å². The van der Waals surface area contributed by atoms with Crippen LogP contribution in [0, 0.1) is 0 Å². The third-order valence-corrected chi connectivity index (χ3v) is 2.13. The molecular formula is C10H11Cl2OP. The molecule has 0 saturated carbocycles. The highest BCUT2D eigenvalue weighted by atomic mass is 35.5. The third kappa shape index (κ3) is 2.75. The summed E-state index contributed by atoms with van der Waals surface area (Å²) in [6, 6.07) is 14.2. The van der Waals surface area contributed by atoms with Crippen molar-refractivity contribution in [1.82, 2.24) is 0 Å². The average molecular weight is 249 g/mol. The second-order valence-corrected chi connectivity index (χ2v) is 2.86. The fourth-order valence-electron chi connectivity index (χ4n) is 1.24. The van der Waals surface area contributed by atoms with Gasteiger partial charge in [0.25, 0.3) is 0 Å². The summed E-state index contributed by atoms with van der Waals surface area (Å²) in [6.07, 6.45) is 0. The summed E-state index contributed by atoms with van der Waals surface area (Å²) in [5.74, 6) is 0.874. The number of rotatable bonds is 1. The Kier molecular flexibility index (Phi) is 5.87. The van der Waals surface area contributed by atoms with Crippen LogP contribution in [0.15, 0.2) is 42.5 Å². The zero-order valence-corrected chi connectivity index (χ0v) is 10.1. The van der Waals surface area contributed by atoms with E-state index in [1.165, 1.54) is 10.8 Å². The van der Waals surface area contributed by atoms with E-state index in [1.807, 2.05) is 24.3 Å². The van der Waals surface area contributed by atoms with Crippen molar-refractivity contribution in [3.05, 3.63) is 42.5 Å². The number of benzene rings is 2. The van der Waals surface area contributed by atoms with Gasteiger partial charge in [-0.1, -0.05) is 30.3 Å². The van der Waals surface area contributed by atoms with E-state index in [0.29, 0.717) is 0 Å². The Labute approximate surface area is 97.9 Å². The molecule has 2 aromatic rings. The maximum Gasteiger partial charge on any atom is 0.123 e. The van der Waals surface area contributed by atoms with Gasteiger partial charge in [-0.05, 0) is 22.9 Å². The first kappa shape index (κ1) is 13.5. The molecule has 0 fully saturated rings. The Morgan fingerprint density at radius 1 is 0.857 bits per heavy atom. The van der Waals surface area contributed by atoms with Crippen molar-refractivity contribution in [2.45, 2.75) is 0 Å². The van der Waals surface area contributed by atoms with Crippen molar-refractivity contribution in [3.63, 3.8) is 0 Å². The summed E-state index contributed by atoms with van der Waals surface area (Å²) < 4.78 is 5.04. The lowest BCUT2D eigenvalue weighted by molar-refractivity contribution is 0.647. The molecule has 1 atom stereocenters. The van der Waals surface area contributed by atoms with Crippen LogP contribution >= 0.6 is 34.3 Å². The van der Waals surface area contributed by atoms with E-state index in [4.69, 9.17) is 4.52 Å². The molecule has 0 amide bonds. The van der Waals surface area contributed by atoms with Crippen LogP contribution < -0.4 is 4.52 Å². The maximum atomic E-state index is 5.04. The highest BCUT2D eigenvalue weighted by molar-refractivity contribution is 7.10. The average Bonchev–Trinajstić information content (AvgIpc) is 2.17. The standard InChI is InChI=1S/C10H9OP.2ClH/c12-11-10-6-5-8-3-1-2-4-9(8)7-10;;/h1-7H,12H2;2*1H. The highest BCUT2D eigenvalue weighted by Crippen LogP contribution is 2.21. The SMILES string of the molecule is Cl.Cl.POc1ccc2ccccc2c1. The van der Waals surface area contributed by atoms with E-state index in [1.54, 1.807) is 0 Å². The summed E-state index contributed by atoms with van der Waals surface area (Å²) in [5.41, 5.74) is 0. The lowest BCUT2D eigenvalue weighted by Gasteiger charge is -2.00. The Hall–Kier alpha value is -0.490. The third-order valence-electron chi connectivity index (χ3n) is 1.86. The second-order valence-electron chi connectivity index (χ2n) is 2.63. The van der Waals surface area contributed by atoms with Crippen LogP contribution in [0.5, 0.6) is 5.75 Å². The molecular weight excluding hydrogens is 238 g/mol. The molecule has 0 aromatic heterocycles. The molecule has 2 rings (SSSR count). The summed E-state index contributed by atoms with van der Waals surface area (Å²) in [7, 11) is 2.24. The van der Waals surface area contributed by atoms with Gasteiger partial charge in [-0.3, -0.25) is 0 Å². The fourth-order valence-corrected chi connectivity index (χ4v) is 1.39. The van der Waals surface area contributed by atoms with Gasteiger partial charge in [0, 0.05) is 0 Å². The number of hydrogen-bond acceptors (Lipinski definition) is 1. The first-order valence-electron chi connectivity index (χ1n) is 3.76. The molecule has 0 heterocycles. The zero-order valence-electron chi connectivity index (χ0n) is 7.34. The van der Waals surface area contributed by atoms with Gasteiger partial charge in [0.15, 0.2) is 0 Å². The molecule has 0 aliphatic rings. The van der Waals surface area contributed by atoms with E-state index >= 15 is 0 Å². The van der Waals surface area contributed by atoms with Gasteiger partial charge in [-0.2, -0.15) is 0 Å². The minimum absolute atomic E-state index is 0. The molecule has 0 aliphatic carbocycles. The first-order valence-corrected chi connectivity index (χ1v) is 4.23. The molecule has 2 aromatic carbocycles. The molecule has 4 heteroatoms. The van der Waals surface area contributed by atoms with E-state index in [9.17, 15) is 0 Å². The van der Waals surface area contributed by atoms with Crippen LogP contribution in [-0.2, 0) is 0 Å². The van der Waals surface area contributed by atoms with Crippen LogP contribution in [0.3, 0.4) is 0 Å². The minimum Gasteiger partial charge on any atom is -0.480 e. The fraction of sp³-hybridized carbons (Fsp3) is 0. The van der Waals surface area contributed by atoms with Gasteiger partial charge in [0.2, 0.25) is 0 Å². The number of hydrogen-bond donors (Lipinski definition) is 0. The van der Waals surface area contributed by atoms with Crippen LogP contribution in [0.4, 0.5) is 0 Å². The monoisotopic (exact) mass is 248 g/mol. The van der Waals surface area contributed by atoms with Crippen LogP contribution in [0.1, 0.15) is 0 Å². The van der Waals surface area contributed by atoms with Crippen molar-refractivity contribution in [2.75, 3.05) is 0 Å². The summed E-state index contributed by atoms with van der Waals surface area (Å²) in [6.45, 7) is 0. The molecule has 0 N–H and O–H groups in total. The van der Waals surface area contributed by atoms with Gasteiger partial charge in [-0.15, -0.1) is 24.8 Å². The Morgan fingerprint density at radius 3 is 2.14 bits per heavy atom. The van der Waals surface area contributed by atoms with E-state index in [-0.39, 0.29) is 24.8 Å². The van der Waals surface area contributed by atoms with Gasteiger partial charge in [0.1, 0.15) is 5.75 Å². The molecule has 76 valence electrons. The van der Waals surface area contributed by atoms with E-state index < -0.39 is 0 Å². The van der Waals surface area contributed by atoms with Crippen molar-refractivity contribution in [3.8, 4) is 5.75 Å². The smallest absolute Gasteiger partial charge is 0.123 e. The normalized spacial score (nSPS) is 8.64. The molecule has 0 spiro atoms. The van der Waals surface area contributed by atoms with Gasteiger partial charge < -0.3 is 4.52 Å². The molecule has 1 nitrogen and oxygen atoms in total. The topological polar surface area (TPSA) is 9.23 Å². The van der Waals surface area contributed by atoms with Gasteiger partial charge in [-0.25, -0.2) is 0 Å². The molecule has 0 aliphatic heterocycles. The zero-order chi connectivity index (χ0) is 8.39. The van der Waals surface area contributed by atoms with E-state index in [2.05, 4.69) is 27.7 Å². The molecule has 0 radical (unpaired) electrons. The lowest BCUT2D eigenvalue weighted by atomic mass is 10.1. The van der Waals surface area contributed by atoms with E-state index in [0.717, 1.165) is 5.75 Å². The molecule has 1 unspecified atom stereocenters. The highest BCUT2D eigenvalue weighted by Gasteiger charge is 1.93.